The van der Waals surface area contributed by atoms with E-state index in [0.717, 1.165) is 10.6 Å². The van der Waals surface area contributed by atoms with Crippen LogP contribution in [-0.2, 0) is 24.6 Å². The fourth-order valence-corrected chi connectivity index (χ4v) is 9.41. The largest absolute Gasteiger partial charge is 0.507 e. The summed E-state index contributed by atoms with van der Waals surface area (Å²) >= 11 is 12.8. The minimum absolute atomic E-state index is 0.0129. The summed E-state index contributed by atoms with van der Waals surface area (Å²) in [7, 11) is 2.86. The highest BCUT2D eigenvalue weighted by atomic mass is 35.5. The van der Waals surface area contributed by atoms with E-state index >= 15 is 4.79 Å². The second-order valence-corrected chi connectivity index (χ2v) is 14.9. The molecule has 4 aromatic rings. The molecule has 0 aromatic heterocycles. The van der Waals surface area contributed by atoms with Gasteiger partial charge < -0.3 is 14.6 Å². The van der Waals surface area contributed by atoms with E-state index in [1.807, 2.05) is 13.0 Å². The van der Waals surface area contributed by atoms with E-state index < -0.39 is 58.5 Å². The number of allylic oxidation sites excluding steroid dienone is 2. The number of ether oxygens (including phenoxy) is 2. The highest BCUT2D eigenvalue weighted by Gasteiger charge is 2.71. The van der Waals surface area contributed by atoms with Crippen molar-refractivity contribution in [2.75, 3.05) is 24.5 Å². The van der Waals surface area contributed by atoms with E-state index in [0.29, 0.717) is 26.9 Å². The van der Waals surface area contributed by atoms with Crippen molar-refractivity contribution in [1.29, 1.82) is 0 Å². The summed E-state index contributed by atoms with van der Waals surface area (Å²) in [5.74, 6) is -6.93. The number of nitrogens with one attached hydrogen (secondary N) is 1. The number of fused-ring (bicyclic) bond motifs is 4. The minimum Gasteiger partial charge on any atom is -0.507 e. The molecule has 2 N–H and O–H groups in total. The van der Waals surface area contributed by atoms with Crippen molar-refractivity contribution in [2.45, 2.75) is 31.1 Å². The number of phenolic OH excluding ortho intramolecular Hbond substituents is 1. The Morgan fingerprint density at radius 2 is 1.59 bits per heavy atom. The van der Waals surface area contributed by atoms with Crippen molar-refractivity contribution in [3.05, 3.63) is 123 Å². The highest BCUT2D eigenvalue weighted by Crippen LogP contribution is 2.66. The zero-order chi connectivity index (χ0) is 38.2. The van der Waals surface area contributed by atoms with Gasteiger partial charge in [0.05, 0.1) is 48.8 Å². The molecule has 0 spiro atoms. The Bertz CT molecular complexity index is 2280. The Labute approximate surface area is 320 Å². The third kappa shape index (κ3) is 5.20. The Morgan fingerprint density at radius 3 is 2.26 bits per heavy atom. The molecule has 2 saturated heterocycles. The van der Waals surface area contributed by atoms with Crippen molar-refractivity contribution >= 4 is 58.2 Å². The number of amides is 4. The molecule has 4 aromatic carbocycles. The van der Waals surface area contributed by atoms with Crippen molar-refractivity contribution < 1.29 is 38.1 Å². The number of anilines is 2. The Morgan fingerprint density at radius 1 is 0.870 bits per heavy atom. The molecule has 13 heteroatoms. The van der Waals surface area contributed by atoms with Gasteiger partial charge in [0.1, 0.15) is 23.1 Å². The van der Waals surface area contributed by atoms with Gasteiger partial charge in [0.2, 0.25) is 11.8 Å². The number of hydrazine groups is 1. The molecule has 0 bridgehead atoms. The maximum Gasteiger partial charge on any atom is 0.260 e. The summed E-state index contributed by atoms with van der Waals surface area (Å²) in [6, 6.07) is 19.8. The number of carbonyl (C=O) groups is 4. The maximum atomic E-state index is 15.4. The lowest BCUT2D eigenvalue weighted by molar-refractivity contribution is -0.138. The number of carbonyl (C=O) groups excluding carboxylic acids is 4. The monoisotopic (exact) mass is 769 g/mol. The van der Waals surface area contributed by atoms with Crippen molar-refractivity contribution in [3.8, 4) is 17.2 Å². The molecule has 54 heavy (non-hydrogen) atoms. The number of phenols is 1. The Balaban J connectivity index is 1.36. The van der Waals surface area contributed by atoms with E-state index in [9.17, 15) is 23.9 Å². The average molecular weight is 771 g/mol. The first-order valence-electron chi connectivity index (χ1n) is 17.4. The summed E-state index contributed by atoms with van der Waals surface area (Å²) < 4.78 is 25.2. The number of aryl methyl sites for hydroxylation is 1. The van der Waals surface area contributed by atoms with E-state index in [4.69, 9.17) is 32.7 Å². The molecule has 276 valence electrons. The van der Waals surface area contributed by atoms with Gasteiger partial charge in [-0.1, -0.05) is 53.1 Å². The lowest BCUT2D eigenvalue weighted by Gasteiger charge is -2.50. The van der Waals surface area contributed by atoms with Crippen LogP contribution in [0.2, 0.25) is 10.0 Å². The number of nitrogens with zero attached hydrogens (tertiary/aromatic N) is 2. The molecule has 8 rings (SSSR count). The van der Waals surface area contributed by atoms with E-state index in [-0.39, 0.29) is 47.2 Å². The molecule has 2 aliphatic carbocycles. The third-order valence-corrected chi connectivity index (χ3v) is 12.2. The van der Waals surface area contributed by atoms with Gasteiger partial charge in [-0.15, -0.1) is 0 Å². The summed E-state index contributed by atoms with van der Waals surface area (Å²) in [6.07, 6.45) is 2.05. The van der Waals surface area contributed by atoms with Gasteiger partial charge in [-0.05, 0) is 85.3 Å². The van der Waals surface area contributed by atoms with Crippen molar-refractivity contribution in [1.82, 2.24) is 5.01 Å². The second kappa shape index (κ2) is 13.2. The first-order chi connectivity index (χ1) is 25.9. The molecule has 4 aliphatic rings. The van der Waals surface area contributed by atoms with Crippen LogP contribution in [0.5, 0.6) is 17.2 Å². The quantitative estimate of drug-likeness (QED) is 0.148. The number of halogens is 3. The minimum atomic E-state index is -1.72. The molecule has 3 fully saturated rings. The van der Waals surface area contributed by atoms with Gasteiger partial charge in [0.15, 0.2) is 0 Å². The molecule has 10 nitrogen and oxygen atoms in total. The molecule has 2 aliphatic heterocycles. The summed E-state index contributed by atoms with van der Waals surface area (Å²) in [6.45, 7) is 1.82. The zero-order valence-electron chi connectivity index (χ0n) is 29.3. The van der Waals surface area contributed by atoms with Gasteiger partial charge in [-0.2, -0.15) is 5.01 Å². The fraction of sp³-hybridized carbons (Fsp3) is 0.268. The van der Waals surface area contributed by atoms with Crippen LogP contribution in [0.25, 0.3) is 0 Å². The standard InChI is InChI=1S/C41H34Cl2FN3O7/c1-20-4-13-25(16-31(20)43)46-37(49)28-15-14-27-29(34(28)39(46)51)19-30-38(50)47(45-24-11-9-23(44)10-12-24)40(52)41(30,21-5-7-22(42)8-6-21)36(27)35-32(48)17-26(53-2)18-33(35)54-3/h4-14,16-18,28-30,34,36,45,48H,15,19H2,1-3H3. The summed E-state index contributed by atoms with van der Waals surface area (Å²) in [5.41, 5.74) is 3.85. The predicted molar refractivity (Wildman–Crippen MR) is 199 cm³/mol. The first-order valence-corrected chi connectivity index (χ1v) is 18.1. The molecular formula is C41H34Cl2FN3O7. The molecular weight excluding hydrogens is 736 g/mol. The average Bonchev–Trinajstić information content (AvgIpc) is 3.54. The molecule has 1 saturated carbocycles. The fourth-order valence-electron chi connectivity index (χ4n) is 9.11. The van der Waals surface area contributed by atoms with Crippen molar-refractivity contribution in [3.63, 3.8) is 0 Å². The van der Waals surface area contributed by atoms with Crippen LogP contribution in [0.1, 0.15) is 35.4 Å². The predicted octanol–water partition coefficient (Wildman–Crippen LogP) is 7.35. The maximum absolute atomic E-state index is 15.4. The van der Waals surface area contributed by atoms with Gasteiger partial charge in [0, 0.05) is 33.7 Å². The topological polar surface area (TPSA) is 125 Å². The number of benzene rings is 4. The van der Waals surface area contributed by atoms with Crippen LogP contribution in [0.15, 0.2) is 90.5 Å². The Hall–Kier alpha value is -5.39. The van der Waals surface area contributed by atoms with Crippen LogP contribution in [-0.4, -0.2) is 48.0 Å². The van der Waals surface area contributed by atoms with E-state index in [1.165, 1.54) is 49.5 Å². The lowest BCUT2D eigenvalue weighted by Crippen LogP contribution is -2.53. The van der Waals surface area contributed by atoms with Crippen LogP contribution >= 0.6 is 23.2 Å². The lowest BCUT2D eigenvalue weighted by atomic mass is 9.49. The number of rotatable bonds is 7. The normalized spacial score (nSPS) is 26.0. The van der Waals surface area contributed by atoms with Gasteiger partial charge >= 0.3 is 0 Å². The molecule has 2 heterocycles. The summed E-state index contributed by atoms with van der Waals surface area (Å²) in [4.78, 5) is 60.2. The van der Waals surface area contributed by atoms with Crippen LogP contribution in [0.4, 0.5) is 15.8 Å². The smallest absolute Gasteiger partial charge is 0.260 e. The highest BCUT2D eigenvalue weighted by molar-refractivity contribution is 6.32. The van der Waals surface area contributed by atoms with Crippen LogP contribution < -0.4 is 19.8 Å². The SMILES string of the molecule is COc1cc(O)c(C2C3=CCC4C(=O)N(c5ccc(C)c(Cl)c5)C(=O)C4C3CC3C(=O)N(Nc4ccc(F)cc4)C(=O)C32c2ccc(Cl)cc2)c(OC)c1. The molecule has 4 amide bonds. The number of hydrogen-bond donors (Lipinski definition) is 2. The summed E-state index contributed by atoms with van der Waals surface area (Å²) in [5, 5.41) is 13.6. The number of hydrogen-bond acceptors (Lipinski definition) is 8. The van der Waals surface area contributed by atoms with Gasteiger partial charge in [-0.25, -0.2) is 9.29 Å². The molecule has 6 unspecified atom stereocenters. The van der Waals surface area contributed by atoms with Crippen molar-refractivity contribution in [2.24, 2.45) is 23.7 Å². The number of methoxy groups -OCH3 is 2. The Kier molecular flexibility index (Phi) is 8.69. The van der Waals surface area contributed by atoms with Crippen LogP contribution in [0.3, 0.4) is 0 Å². The van der Waals surface area contributed by atoms with Crippen LogP contribution in [0, 0.1) is 36.4 Å². The first kappa shape index (κ1) is 35.6. The van der Waals surface area contributed by atoms with Gasteiger partial charge in [0.25, 0.3) is 11.8 Å². The number of imide groups is 2. The number of aromatic hydroxyl groups is 1. The van der Waals surface area contributed by atoms with E-state index in [2.05, 4.69) is 5.43 Å². The van der Waals surface area contributed by atoms with E-state index in [1.54, 1.807) is 48.5 Å². The zero-order valence-corrected chi connectivity index (χ0v) is 30.8. The van der Waals surface area contributed by atoms with Gasteiger partial charge in [-0.3, -0.25) is 24.6 Å². The second-order valence-electron chi connectivity index (χ2n) is 14.1. The third-order valence-electron chi connectivity index (χ3n) is 11.5. The molecule has 6 atom stereocenters. The molecule has 0 radical (unpaired) electrons.